The Kier molecular flexibility index (Phi) is 3.80. The normalized spacial score (nSPS) is 11.6. The predicted octanol–water partition coefficient (Wildman–Crippen LogP) is 3.04. The van der Waals surface area contributed by atoms with Crippen LogP contribution in [-0.4, -0.2) is 20.8 Å². The number of hydrogen-bond donors (Lipinski definition) is 1. The van der Waals surface area contributed by atoms with Crippen LogP contribution in [-0.2, 0) is 13.1 Å². The van der Waals surface area contributed by atoms with Crippen LogP contribution < -0.4 is 5.32 Å². The van der Waals surface area contributed by atoms with Gasteiger partial charge in [0.05, 0.1) is 24.0 Å². The number of hydrogen-bond acceptors (Lipinski definition) is 4. The Morgan fingerprint density at radius 2 is 2.15 bits per heavy atom. The van der Waals surface area contributed by atoms with Gasteiger partial charge in [0.1, 0.15) is 5.01 Å². The average Bonchev–Trinajstić information content (AvgIpc) is 3.05. The first kappa shape index (κ1) is 13.3. The van der Waals surface area contributed by atoms with Gasteiger partial charge in [-0.2, -0.15) is 5.10 Å². The molecule has 0 atom stereocenters. The van der Waals surface area contributed by atoms with Gasteiger partial charge >= 0.3 is 0 Å². The molecule has 0 radical (unpaired) electrons. The first-order valence-electron chi connectivity index (χ1n) is 6.79. The molecule has 104 valence electrons. The van der Waals surface area contributed by atoms with Crippen molar-refractivity contribution in [2.75, 3.05) is 0 Å². The second-order valence-corrected chi connectivity index (χ2v) is 6.07. The van der Waals surface area contributed by atoms with E-state index >= 15 is 0 Å². The summed E-state index contributed by atoms with van der Waals surface area (Å²) in [6.07, 6.45) is 1.91. The summed E-state index contributed by atoms with van der Waals surface area (Å²) >= 11 is 1.70. The lowest BCUT2D eigenvalue weighted by atomic mass is 10.2. The molecule has 2 aromatic heterocycles. The summed E-state index contributed by atoms with van der Waals surface area (Å²) in [5.41, 5.74) is 2.23. The van der Waals surface area contributed by atoms with Crippen molar-refractivity contribution in [1.82, 2.24) is 20.1 Å². The SMILES string of the molecule is CC(C)NCc1nc(Cn2ncc3ccccc32)cs1. The molecule has 0 fully saturated rings. The molecular formula is C15H18N4S. The van der Waals surface area contributed by atoms with Gasteiger partial charge in [0, 0.05) is 23.4 Å². The van der Waals surface area contributed by atoms with Gasteiger partial charge < -0.3 is 5.32 Å². The van der Waals surface area contributed by atoms with Crippen molar-refractivity contribution in [3.8, 4) is 0 Å². The lowest BCUT2D eigenvalue weighted by molar-refractivity contribution is 0.585. The van der Waals surface area contributed by atoms with E-state index in [1.165, 1.54) is 5.39 Å². The third kappa shape index (κ3) is 2.89. The summed E-state index contributed by atoms with van der Waals surface area (Å²) in [5.74, 6) is 0. The highest BCUT2D eigenvalue weighted by Gasteiger charge is 2.06. The molecular weight excluding hydrogens is 268 g/mol. The number of para-hydroxylation sites is 1. The maximum atomic E-state index is 4.66. The van der Waals surface area contributed by atoms with E-state index in [1.54, 1.807) is 11.3 Å². The fourth-order valence-electron chi connectivity index (χ4n) is 2.10. The molecule has 3 rings (SSSR count). The fourth-order valence-corrected chi connectivity index (χ4v) is 2.84. The zero-order chi connectivity index (χ0) is 13.9. The highest BCUT2D eigenvalue weighted by molar-refractivity contribution is 7.09. The summed E-state index contributed by atoms with van der Waals surface area (Å²) in [4.78, 5) is 4.66. The maximum absolute atomic E-state index is 4.66. The van der Waals surface area contributed by atoms with Crippen molar-refractivity contribution in [2.24, 2.45) is 0 Å². The number of nitrogens with one attached hydrogen (secondary N) is 1. The molecule has 5 heteroatoms. The van der Waals surface area contributed by atoms with Crippen LogP contribution in [0.1, 0.15) is 24.5 Å². The molecule has 1 N–H and O–H groups in total. The van der Waals surface area contributed by atoms with Crippen LogP contribution in [0.25, 0.3) is 10.9 Å². The van der Waals surface area contributed by atoms with Crippen LogP contribution in [0.15, 0.2) is 35.8 Å². The molecule has 4 nitrogen and oxygen atoms in total. The minimum Gasteiger partial charge on any atom is -0.308 e. The van der Waals surface area contributed by atoms with Crippen molar-refractivity contribution in [2.45, 2.75) is 33.0 Å². The Morgan fingerprint density at radius 3 is 3.00 bits per heavy atom. The van der Waals surface area contributed by atoms with Gasteiger partial charge in [0.2, 0.25) is 0 Å². The highest BCUT2D eigenvalue weighted by Crippen LogP contribution is 2.16. The van der Waals surface area contributed by atoms with Crippen molar-refractivity contribution < 1.29 is 0 Å². The molecule has 1 aromatic carbocycles. The summed E-state index contributed by atoms with van der Waals surface area (Å²) < 4.78 is 2.00. The van der Waals surface area contributed by atoms with E-state index in [0.29, 0.717) is 6.04 Å². The van der Waals surface area contributed by atoms with Gasteiger partial charge in [0.25, 0.3) is 0 Å². The number of fused-ring (bicyclic) bond motifs is 1. The smallest absolute Gasteiger partial charge is 0.107 e. The average molecular weight is 286 g/mol. The van der Waals surface area contributed by atoms with E-state index in [2.05, 4.69) is 46.8 Å². The summed E-state index contributed by atoms with van der Waals surface area (Å²) in [5, 5.41) is 12.2. The Bertz CT molecular complexity index is 699. The summed E-state index contributed by atoms with van der Waals surface area (Å²) in [7, 11) is 0. The third-order valence-electron chi connectivity index (χ3n) is 3.12. The van der Waals surface area contributed by atoms with Crippen molar-refractivity contribution in [1.29, 1.82) is 0 Å². The molecule has 0 saturated heterocycles. The van der Waals surface area contributed by atoms with Crippen molar-refractivity contribution in [3.63, 3.8) is 0 Å². The first-order chi connectivity index (χ1) is 9.72. The van der Waals surface area contributed by atoms with Gasteiger partial charge in [-0.1, -0.05) is 32.0 Å². The van der Waals surface area contributed by atoms with Crippen LogP contribution >= 0.6 is 11.3 Å². The maximum Gasteiger partial charge on any atom is 0.107 e. The van der Waals surface area contributed by atoms with Crippen LogP contribution in [0.4, 0.5) is 0 Å². The molecule has 0 amide bonds. The second kappa shape index (κ2) is 5.73. The monoisotopic (exact) mass is 286 g/mol. The molecule has 0 aliphatic heterocycles. The highest BCUT2D eigenvalue weighted by atomic mass is 32.1. The topological polar surface area (TPSA) is 42.7 Å². The van der Waals surface area contributed by atoms with Crippen LogP contribution in [0.2, 0.25) is 0 Å². The molecule has 2 heterocycles. The molecule has 0 aliphatic rings. The molecule has 0 bridgehead atoms. The van der Waals surface area contributed by atoms with Crippen LogP contribution in [0, 0.1) is 0 Å². The van der Waals surface area contributed by atoms with Gasteiger partial charge in [-0.3, -0.25) is 4.68 Å². The largest absolute Gasteiger partial charge is 0.308 e. The molecule has 0 aliphatic carbocycles. The minimum absolute atomic E-state index is 0.484. The molecule has 0 saturated carbocycles. The fraction of sp³-hybridized carbons (Fsp3) is 0.333. The molecule has 20 heavy (non-hydrogen) atoms. The zero-order valence-electron chi connectivity index (χ0n) is 11.7. The minimum atomic E-state index is 0.484. The van der Waals surface area contributed by atoms with E-state index in [0.717, 1.165) is 29.3 Å². The Hall–Kier alpha value is -1.72. The zero-order valence-corrected chi connectivity index (χ0v) is 12.5. The van der Waals surface area contributed by atoms with Crippen LogP contribution in [0.3, 0.4) is 0 Å². The van der Waals surface area contributed by atoms with Gasteiger partial charge in [0.15, 0.2) is 0 Å². The van der Waals surface area contributed by atoms with E-state index in [4.69, 9.17) is 0 Å². The molecule has 3 aromatic rings. The number of aromatic nitrogens is 3. The third-order valence-corrected chi connectivity index (χ3v) is 4.02. The van der Waals surface area contributed by atoms with E-state index in [1.807, 2.05) is 23.0 Å². The predicted molar refractivity (Wildman–Crippen MR) is 82.9 cm³/mol. The number of thiazole rings is 1. The summed E-state index contributed by atoms with van der Waals surface area (Å²) in [6, 6.07) is 8.73. The standard InChI is InChI=1S/C15H18N4S/c1-11(2)16-8-15-18-13(10-20-15)9-19-14-6-4-3-5-12(14)7-17-19/h3-7,10-11,16H,8-9H2,1-2H3. The van der Waals surface area contributed by atoms with Gasteiger partial charge in [-0.05, 0) is 6.07 Å². The second-order valence-electron chi connectivity index (χ2n) is 5.13. The number of benzene rings is 1. The lowest BCUT2D eigenvalue weighted by Gasteiger charge is -2.04. The lowest BCUT2D eigenvalue weighted by Crippen LogP contribution is -2.21. The Morgan fingerprint density at radius 1 is 1.30 bits per heavy atom. The van der Waals surface area contributed by atoms with Crippen molar-refractivity contribution in [3.05, 3.63) is 46.5 Å². The number of nitrogens with zero attached hydrogens (tertiary/aromatic N) is 3. The number of rotatable bonds is 5. The van der Waals surface area contributed by atoms with E-state index in [-0.39, 0.29) is 0 Å². The molecule has 0 spiro atoms. The van der Waals surface area contributed by atoms with Crippen molar-refractivity contribution >= 4 is 22.2 Å². The Balaban J connectivity index is 1.74. The first-order valence-corrected chi connectivity index (χ1v) is 7.67. The van der Waals surface area contributed by atoms with E-state index in [9.17, 15) is 0 Å². The summed E-state index contributed by atoms with van der Waals surface area (Å²) in [6.45, 7) is 5.85. The molecule has 0 unspecified atom stereocenters. The Labute approximate surface area is 122 Å². The van der Waals surface area contributed by atoms with E-state index < -0.39 is 0 Å². The van der Waals surface area contributed by atoms with Gasteiger partial charge in [-0.15, -0.1) is 11.3 Å². The quantitative estimate of drug-likeness (QED) is 0.784. The van der Waals surface area contributed by atoms with Gasteiger partial charge in [-0.25, -0.2) is 4.98 Å². The van der Waals surface area contributed by atoms with Crippen LogP contribution in [0.5, 0.6) is 0 Å².